The van der Waals surface area contributed by atoms with Crippen molar-refractivity contribution >= 4 is 15.9 Å². The van der Waals surface area contributed by atoms with Crippen LogP contribution in [0.15, 0.2) is 17.0 Å². The van der Waals surface area contributed by atoms with Gasteiger partial charge < -0.3 is 14.8 Å². The summed E-state index contributed by atoms with van der Waals surface area (Å²) in [6, 6.07) is 2.10. The Kier molecular flexibility index (Phi) is 6.11. The zero-order valence-corrected chi connectivity index (χ0v) is 17.1. The van der Waals surface area contributed by atoms with Gasteiger partial charge in [0.1, 0.15) is 10.7 Å². The lowest BCUT2D eigenvalue weighted by Crippen LogP contribution is -2.55. The predicted molar refractivity (Wildman–Crippen MR) is 100 cm³/mol. The topological polar surface area (TPSA) is 88.2 Å². The minimum absolute atomic E-state index is 0.0373. The van der Waals surface area contributed by atoms with Crippen molar-refractivity contribution in [3.05, 3.63) is 17.9 Å². The highest BCUT2D eigenvalue weighted by Gasteiger charge is 2.35. The van der Waals surface area contributed by atoms with E-state index in [-0.39, 0.29) is 42.6 Å². The number of hydrogen-bond acceptors (Lipinski definition) is 6. The highest BCUT2D eigenvalue weighted by atomic mass is 32.2. The molecule has 2 fully saturated rings. The maximum Gasteiger partial charge on any atom is 0.246 e. The Morgan fingerprint density at radius 1 is 1.14 bits per heavy atom. The molecule has 2 aliphatic rings. The van der Waals surface area contributed by atoms with E-state index in [0.717, 1.165) is 25.0 Å². The van der Waals surface area contributed by atoms with E-state index in [1.54, 1.807) is 0 Å². The third kappa shape index (κ3) is 4.23. The molecule has 1 aromatic carbocycles. The Bertz CT molecular complexity index is 836. The first-order valence-electron chi connectivity index (χ1n) is 9.24. The van der Waals surface area contributed by atoms with Crippen LogP contribution in [0, 0.1) is 5.82 Å². The molecule has 1 unspecified atom stereocenters. The summed E-state index contributed by atoms with van der Waals surface area (Å²) >= 11 is 0. The van der Waals surface area contributed by atoms with Gasteiger partial charge in [-0.05, 0) is 19.8 Å². The Morgan fingerprint density at radius 2 is 1.71 bits per heavy atom. The van der Waals surface area contributed by atoms with Crippen LogP contribution in [-0.4, -0.2) is 76.0 Å². The molecule has 0 bridgehead atoms. The fraction of sp³-hybridized carbons (Fsp3) is 0.611. The normalized spacial score (nSPS) is 19.9. The number of benzene rings is 1. The van der Waals surface area contributed by atoms with E-state index in [9.17, 15) is 17.6 Å². The van der Waals surface area contributed by atoms with Gasteiger partial charge in [0.05, 0.1) is 20.3 Å². The van der Waals surface area contributed by atoms with Crippen LogP contribution in [0.2, 0.25) is 0 Å². The number of sulfonamides is 1. The van der Waals surface area contributed by atoms with Crippen molar-refractivity contribution in [2.45, 2.75) is 36.7 Å². The van der Waals surface area contributed by atoms with Gasteiger partial charge in [-0.25, -0.2) is 12.8 Å². The Hall–Kier alpha value is -1.91. The minimum atomic E-state index is -4.03. The van der Waals surface area contributed by atoms with Gasteiger partial charge in [0.15, 0.2) is 11.5 Å². The molecule has 156 valence electrons. The van der Waals surface area contributed by atoms with Gasteiger partial charge in [-0.3, -0.25) is 9.69 Å². The monoisotopic (exact) mass is 415 g/mol. The van der Waals surface area contributed by atoms with Crippen LogP contribution in [-0.2, 0) is 14.8 Å². The number of amides is 1. The maximum absolute atomic E-state index is 14.4. The summed E-state index contributed by atoms with van der Waals surface area (Å²) in [5.41, 5.74) is 0. The summed E-state index contributed by atoms with van der Waals surface area (Å²) in [6.07, 6.45) is 2.03. The van der Waals surface area contributed by atoms with Crippen LogP contribution in [0.1, 0.15) is 19.8 Å². The average Bonchev–Trinajstić information content (AvgIpc) is 3.50. The van der Waals surface area contributed by atoms with E-state index in [1.807, 2.05) is 11.8 Å². The summed E-state index contributed by atoms with van der Waals surface area (Å²) in [5, 5.41) is 2.96. The van der Waals surface area contributed by atoms with Crippen molar-refractivity contribution in [3.8, 4) is 11.5 Å². The number of ether oxygens (including phenoxy) is 2. The highest BCUT2D eigenvalue weighted by Crippen LogP contribution is 2.33. The highest BCUT2D eigenvalue weighted by molar-refractivity contribution is 7.89. The van der Waals surface area contributed by atoms with Crippen LogP contribution in [0.4, 0.5) is 4.39 Å². The summed E-state index contributed by atoms with van der Waals surface area (Å²) in [6.45, 7) is 2.96. The van der Waals surface area contributed by atoms with E-state index in [1.165, 1.54) is 18.5 Å². The number of hydrogen-bond donors (Lipinski definition) is 1. The lowest BCUT2D eigenvalue weighted by atomic mass is 10.2. The molecule has 1 saturated carbocycles. The molecule has 0 radical (unpaired) electrons. The molecule has 3 rings (SSSR count). The van der Waals surface area contributed by atoms with Gasteiger partial charge in [0, 0.05) is 44.4 Å². The largest absolute Gasteiger partial charge is 0.493 e. The lowest BCUT2D eigenvalue weighted by Gasteiger charge is -2.36. The second-order valence-corrected chi connectivity index (χ2v) is 8.94. The van der Waals surface area contributed by atoms with E-state index in [2.05, 4.69) is 5.32 Å². The summed E-state index contributed by atoms with van der Waals surface area (Å²) in [5.74, 6) is -0.659. The SMILES string of the molecule is COc1cc(F)c(S(=O)(=O)N2CCN(C(C)C(=O)NC3CC3)CC2)cc1OC. The molecule has 1 heterocycles. The zero-order chi connectivity index (χ0) is 20.5. The Balaban J connectivity index is 1.70. The third-order valence-corrected chi connectivity index (χ3v) is 7.09. The molecule has 1 aliphatic carbocycles. The van der Waals surface area contributed by atoms with Crippen molar-refractivity contribution in [3.63, 3.8) is 0 Å². The van der Waals surface area contributed by atoms with Gasteiger partial charge in [0.25, 0.3) is 0 Å². The van der Waals surface area contributed by atoms with Crippen LogP contribution < -0.4 is 14.8 Å². The van der Waals surface area contributed by atoms with Crippen LogP contribution in [0.5, 0.6) is 11.5 Å². The predicted octanol–water partition coefficient (Wildman–Crippen LogP) is 0.816. The number of nitrogens with zero attached hydrogens (tertiary/aromatic N) is 2. The number of carbonyl (C=O) groups is 1. The fourth-order valence-corrected chi connectivity index (χ4v) is 4.70. The second-order valence-electron chi connectivity index (χ2n) is 7.04. The van der Waals surface area contributed by atoms with Crippen molar-refractivity contribution < 1.29 is 27.1 Å². The number of methoxy groups -OCH3 is 2. The van der Waals surface area contributed by atoms with Crippen molar-refractivity contribution in [2.24, 2.45) is 0 Å². The second kappa shape index (κ2) is 8.22. The first-order valence-corrected chi connectivity index (χ1v) is 10.7. The molecule has 1 aliphatic heterocycles. The van der Waals surface area contributed by atoms with Gasteiger partial charge in [0.2, 0.25) is 15.9 Å². The molecule has 0 spiro atoms. The summed E-state index contributed by atoms with van der Waals surface area (Å²) in [4.78, 5) is 13.7. The molecular weight excluding hydrogens is 389 g/mol. The molecule has 8 nitrogen and oxygen atoms in total. The lowest BCUT2D eigenvalue weighted by molar-refractivity contribution is -0.126. The van der Waals surface area contributed by atoms with Gasteiger partial charge >= 0.3 is 0 Å². The van der Waals surface area contributed by atoms with E-state index in [4.69, 9.17) is 9.47 Å². The first kappa shape index (κ1) is 20.8. The fourth-order valence-electron chi connectivity index (χ4n) is 3.22. The van der Waals surface area contributed by atoms with Gasteiger partial charge in [-0.1, -0.05) is 0 Å². The van der Waals surface area contributed by atoms with Crippen LogP contribution >= 0.6 is 0 Å². The Labute approximate surface area is 164 Å². The summed E-state index contributed by atoms with van der Waals surface area (Å²) in [7, 11) is -1.32. The number of halogens is 1. The van der Waals surface area contributed by atoms with Crippen molar-refractivity contribution in [1.82, 2.24) is 14.5 Å². The maximum atomic E-state index is 14.4. The number of rotatable bonds is 7. The number of nitrogens with one attached hydrogen (secondary N) is 1. The van der Waals surface area contributed by atoms with Crippen molar-refractivity contribution in [2.75, 3.05) is 40.4 Å². The van der Waals surface area contributed by atoms with Crippen molar-refractivity contribution in [1.29, 1.82) is 0 Å². The van der Waals surface area contributed by atoms with Crippen LogP contribution in [0.25, 0.3) is 0 Å². The van der Waals surface area contributed by atoms with E-state index < -0.39 is 20.7 Å². The molecule has 0 aromatic heterocycles. The minimum Gasteiger partial charge on any atom is -0.493 e. The summed E-state index contributed by atoms with van der Waals surface area (Å²) < 4.78 is 51.6. The standard InChI is InChI=1S/C18H26FN3O5S/c1-12(18(23)20-13-4-5-13)21-6-8-22(9-7-21)28(24,25)17-11-16(27-3)15(26-2)10-14(17)19/h10-13H,4-9H2,1-3H3,(H,20,23). The molecule has 1 atom stereocenters. The molecule has 1 saturated heterocycles. The molecule has 1 amide bonds. The van der Waals surface area contributed by atoms with E-state index >= 15 is 0 Å². The zero-order valence-electron chi connectivity index (χ0n) is 16.3. The third-order valence-electron chi connectivity index (χ3n) is 5.18. The van der Waals surface area contributed by atoms with Gasteiger partial charge in [-0.2, -0.15) is 4.31 Å². The number of carbonyl (C=O) groups excluding carboxylic acids is 1. The van der Waals surface area contributed by atoms with Crippen LogP contribution in [0.3, 0.4) is 0 Å². The molecule has 1 aromatic rings. The smallest absolute Gasteiger partial charge is 0.246 e. The quantitative estimate of drug-likeness (QED) is 0.709. The average molecular weight is 415 g/mol. The number of piperazine rings is 1. The molecular formula is C18H26FN3O5S. The van der Waals surface area contributed by atoms with Gasteiger partial charge in [-0.15, -0.1) is 0 Å². The molecule has 1 N–H and O–H groups in total. The molecule has 10 heteroatoms. The molecule has 28 heavy (non-hydrogen) atoms. The first-order chi connectivity index (χ1) is 13.3. The Morgan fingerprint density at radius 3 is 2.25 bits per heavy atom. The van der Waals surface area contributed by atoms with E-state index in [0.29, 0.717) is 13.1 Å².